The van der Waals surface area contributed by atoms with Crippen LogP contribution in [0, 0.1) is 0 Å². The summed E-state index contributed by atoms with van der Waals surface area (Å²) in [4.78, 5) is 38.9. The third-order valence-corrected chi connectivity index (χ3v) is 5.73. The van der Waals surface area contributed by atoms with Crippen molar-refractivity contribution in [3.63, 3.8) is 0 Å². The SMILES string of the molecule is CCN(C(=O)c1cccc(NC(=S)NC(=O)CCC(=O)OCCCc2ccccc2)c1)c1ccccc1. The molecule has 3 rings (SSSR count). The number of hydrogen-bond donors (Lipinski definition) is 2. The number of rotatable bonds is 11. The minimum atomic E-state index is -0.424. The van der Waals surface area contributed by atoms with Crippen LogP contribution in [0.1, 0.15) is 42.1 Å². The fourth-order valence-electron chi connectivity index (χ4n) is 3.68. The molecule has 0 atom stereocenters. The van der Waals surface area contributed by atoms with E-state index < -0.39 is 11.9 Å². The maximum Gasteiger partial charge on any atom is 0.306 e. The third kappa shape index (κ3) is 9.16. The number of carbonyl (C=O) groups is 3. The van der Waals surface area contributed by atoms with Crippen LogP contribution >= 0.6 is 12.2 Å². The quantitative estimate of drug-likeness (QED) is 0.209. The van der Waals surface area contributed by atoms with Crippen LogP contribution in [0.25, 0.3) is 0 Å². The number of ether oxygens (including phenoxy) is 1. The first-order valence-corrected chi connectivity index (χ1v) is 12.6. The Balaban J connectivity index is 1.41. The fraction of sp³-hybridized carbons (Fsp3) is 0.241. The van der Waals surface area contributed by atoms with E-state index in [0.717, 1.165) is 18.5 Å². The van der Waals surface area contributed by atoms with E-state index in [1.807, 2.05) is 67.6 Å². The van der Waals surface area contributed by atoms with Crippen molar-refractivity contribution in [3.05, 3.63) is 96.1 Å². The lowest BCUT2D eigenvalue weighted by Gasteiger charge is -2.21. The van der Waals surface area contributed by atoms with Gasteiger partial charge in [-0.2, -0.15) is 0 Å². The molecule has 8 heteroatoms. The molecular weight excluding hydrogens is 486 g/mol. The largest absolute Gasteiger partial charge is 0.466 e. The predicted molar refractivity (Wildman–Crippen MR) is 150 cm³/mol. The van der Waals surface area contributed by atoms with Gasteiger partial charge in [-0.15, -0.1) is 0 Å². The summed E-state index contributed by atoms with van der Waals surface area (Å²) in [6.07, 6.45) is 1.47. The number of nitrogens with zero attached hydrogens (tertiary/aromatic N) is 1. The van der Waals surface area contributed by atoms with Gasteiger partial charge in [-0.25, -0.2) is 0 Å². The molecule has 0 bridgehead atoms. The lowest BCUT2D eigenvalue weighted by atomic mass is 10.1. The van der Waals surface area contributed by atoms with E-state index in [-0.39, 0.29) is 23.9 Å². The number of nitrogens with one attached hydrogen (secondary N) is 2. The Kier molecular flexibility index (Phi) is 10.8. The zero-order valence-electron chi connectivity index (χ0n) is 20.8. The molecule has 0 spiro atoms. The standard InChI is InChI=1S/C29H31N3O4S/c1-2-32(25-16-7-4-8-17-25)28(35)23-14-9-15-24(21-23)30-29(37)31-26(33)18-19-27(34)36-20-10-13-22-11-5-3-6-12-22/h3-9,11-12,14-17,21H,2,10,13,18-20H2,1H3,(H2,30,31,33,37). The monoisotopic (exact) mass is 517 g/mol. The van der Waals surface area contributed by atoms with Gasteiger partial charge in [0.2, 0.25) is 5.91 Å². The van der Waals surface area contributed by atoms with Crippen LogP contribution in [0.2, 0.25) is 0 Å². The van der Waals surface area contributed by atoms with E-state index >= 15 is 0 Å². The summed E-state index contributed by atoms with van der Waals surface area (Å²) in [6.45, 7) is 2.74. The number of carbonyl (C=O) groups excluding carboxylic acids is 3. The minimum Gasteiger partial charge on any atom is -0.466 e. The summed E-state index contributed by atoms with van der Waals surface area (Å²) >= 11 is 5.23. The number of thiocarbonyl (C=S) groups is 1. The molecule has 0 fully saturated rings. The Bertz CT molecular complexity index is 1200. The van der Waals surface area contributed by atoms with Crippen molar-refractivity contribution in [2.24, 2.45) is 0 Å². The van der Waals surface area contributed by atoms with Crippen LogP contribution in [0.5, 0.6) is 0 Å². The molecule has 2 amide bonds. The molecule has 0 aliphatic carbocycles. The second-order valence-electron chi connectivity index (χ2n) is 8.28. The molecule has 0 radical (unpaired) electrons. The Morgan fingerprint density at radius 2 is 1.59 bits per heavy atom. The average molecular weight is 518 g/mol. The Labute approximate surface area is 222 Å². The van der Waals surface area contributed by atoms with Gasteiger partial charge >= 0.3 is 5.97 Å². The highest BCUT2D eigenvalue weighted by molar-refractivity contribution is 7.80. The first-order valence-electron chi connectivity index (χ1n) is 12.2. The molecule has 0 saturated heterocycles. The van der Waals surface area contributed by atoms with Crippen molar-refractivity contribution in [1.29, 1.82) is 0 Å². The minimum absolute atomic E-state index is 0.0316. The van der Waals surface area contributed by atoms with Gasteiger partial charge in [0, 0.05) is 29.9 Å². The number of esters is 1. The summed E-state index contributed by atoms with van der Waals surface area (Å²) in [5.41, 5.74) is 3.05. The first kappa shape index (κ1) is 27.5. The number of anilines is 2. The summed E-state index contributed by atoms with van der Waals surface area (Å²) in [5, 5.41) is 5.57. The highest BCUT2D eigenvalue weighted by atomic mass is 32.1. The third-order valence-electron chi connectivity index (χ3n) is 5.52. The molecule has 0 unspecified atom stereocenters. The van der Waals surface area contributed by atoms with E-state index in [1.54, 1.807) is 29.2 Å². The second kappa shape index (κ2) is 14.5. The Morgan fingerprint density at radius 1 is 0.892 bits per heavy atom. The van der Waals surface area contributed by atoms with Gasteiger partial charge in [0.25, 0.3) is 5.91 Å². The van der Waals surface area contributed by atoms with Crippen LogP contribution in [-0.2, 0) is 20.7 Å². The van der Waals surface area contributed by atoms with Crippen molar-refractivity contribution in [3.8, 4) is 0 Å². The molecule has 3 aromatic rings. The first-order chi connectivity index (χ1) is 18.0. The van der Waals surface area contributed by atoms with Gasteiger partial charge in [-0.05, 0) is 67.9 Å². The Hall–Kier alpha value is -4.04. The van der Waals surface area contributed by atoms with Crippen LogP contribution in [-0.4, -0.2) is 36.0 Å². The molecule has 0 heterocycles. The van der Waals surface area contributed by atoms with Crippen LogP contribution in [0.3, 0.4) is 0 Å². The topological polar surface area (TPSA) is 87.7 Å². The maximum atomic E-state index is 13.1. The van der Waals surface area contributed by atoms with Crippen molar-refractivity contribution in [2.75, 3.05) is 23.4 Å². The number of aryl methyl sites for hydroxylation is 1. The lowest BCUT2D eigenvalue weighted by Crippen LogP contribution is -2.34. The smallest absolute Gasteiger partial charge is 0.306 e. The summed E-state index contributed by atoms with van der Waals surface area (Å²) < 4.78 is 5.21. The van der Waals surface area contributed by atoms with Crippen LogP contribution in [0.4, 0.5) is 11.4 Å². The lowest BCUT2D eigenvalue weighted by molar-refractivity contribution is -0.145. The molecule has 0 aromatic heterocycles. The van der Waals surface area contributed by atoms with Gasteiger partial charge in [-0.3, -0.25) is 14.4 Å². The van der Waals surface area contributed by atoms with Gasteiger partial charge in [0.15, 0.2) is 5.11 Å². The van der Waals surface area contributed by atoms with Gasteiger partial charge < -0.3 is 20.3 Å². The number of benzene rings is 3. The molecule has 7 nitrogen and oxygen atoms in total. The number of para-hydroxylation sites is 1. The van der Waals surface area contributed by atoms with Gasteiger partial charge in [0.1, 0.15) is 0 Å². The average Bonchev–Trinajstić information content (AvgIpc) is 2.91. The van der Waals surface area contributed by atoms with Crippen LogP contribution < -0.4 is 15.5 Å². The molecule has 2 N–H and O–H groups in total. The maximum absolute atomic E-state index is 13.1. The van der Waals surface area contributed by atoms with Gasteiger partial charge in [0.05, 0.1) is 13.0 Å². The van der Waals surface area contributed by atoms with E-state index in [2.05, 4.69) is 10.6 Å². The fourth-order valence-corrected chi connectivity index (χ4v) is 3.92. The van der Waals surface area contributed by atoms with E-state index in [4.69, 9.17) is 17.0 Å². The predicted octanol–water partition coefficient (Wildman–Crippen LogP) is 5.12. The molecule has 3 aromatic carbocycles. The van der Waals surface area contributed by atoms with Crippen molar-refractivity contribution in [2.45, 2.75) is 32.6 Å². The molecule has 0 aliphatic rings. The molecule has 37 heavy (non-hydrogen) atoms. The van der Waals surface area contributed by atoms with Crippen molar-refractivity contribution >= 4 is 46.5 Å². The summed E-state index contributed by atoms with van der Waals surface area (Å²) in [5.74, 6) is -0.964. The van der Waals surface area contributed by atoms with Crippen molar-refractivity contribution in [1.82, 2.24) is 5.32 Å². The zero-order chi connectivity index (χ0) is 26.5. The number of amides is 2. The van der Waals surface area contributed by atoms with Crippen LogP contribution in [0.15, 0.2) is 84.9 Å². The summed E-state index contributed by atoms with van der Waals surface area (Å²) in [7, 11) is 0. The highest BCUT2D eigenvalue weighted by Gasteiger charge is 2.16. The number of hydrogen-bond acceptors (Lipinski definition) is 5. The second-order valence-corrected chi connectivity index (χ2v) is 8.69. The normalized spacial score (nSPS) is 10.3. The molecular formula is C29H31N3O4S. The van der Waals surface area contributed by atoms with E-state index in [1.165, 1.54) is 5.56 Å². The highest BCUT2D eigenvalue weighted by Crippen LogP contribution is 2.19. The van der Waals surface area contributed by atoms with E-state index in [9.17, 15) is 14.4 Å². The van der Waals surface area contributed by atoms with Crippen molar-refractivity contribution < 1.29 is 19.1 Å². The molecule has 0 saturated carbocycles. The van der Waals surface area contributed by atoms with Gasteiger partial charge in [-0.1, -0.05) is 54.6 Å². The molecule has 192 valence electrons. The van der Waals surface area contributed by atoms with E-state index in [0.29, 0.717) is 24.4 Å². The molecule has 0 aliphatic heterocycles. The summed E-state index contributed by atoms with van der Waals surface area (Å²) in [6, 6.07) is 26.3. The Morgan fingerprint density at radius 3 is 2.30 bits per heavy atom. The zero-order valence-corrected chi connectivity index (χ0v) is 21.6.